The fraction of sp³-hybridized carbons (Fsp3) is 0.478. The van der Waals surface area contributed by atoms with Crippen LogP contribution in [0.2, 0.25) is 0 Å². The van der Waals surface area contributed by atoms with Gasteiger partial charge in [-0.15, -0.1) is 24.0 Å². The number of guanidine groups is 1. The number of likely N-dealkylation sites (N-methyl/N-ethyl adjacent to an activating group) is 1. The first kappa shape index (κ1) is 27.2. The van der Waals surface area contributed by atoms with Gasteiger partial charge in [-0.25, -0.2) is 9.98 Å². The lowest BCUT2D eigenvalue weighted by atomic mass is 10.1. The molecule has 0 aliphatic carbocycles. The second-order valence-electron chi connectivity index (χ2n) is 7.88. The standard InChI is InChI=1S/C23H31F3N6.HI/c1-3-27-22(28-11-10-18-4-7-20(8-5-18)23(24,25)26)30-17-19-6-9-21(29-16-19)32-14-12-31(2)13-15-32;/h4-9,16H,3,10-15,17H2,1-2H3,(H2,27,28,30);1H. The molecule has 3 rings (SSSR count). The van der Waals surface area contributed by atoms with Gasteiger partial charge in [-0.3, -0.25) is 0 Å². The van der Waals surface area contributed by atoms with E-state index in [9.17, 15) is 13.2 Å². The molecule has 0 unspecified atom stereocenters. The molecule has 10 heteroatoms. The van der Waals surface area contributed by atoms with Crippen LogP contribution in [0.4, 0.5) is 19.0 Å². The fourth-order valence-electron chi connectivity index (χ4n) is 3.43. The summed E-state index contributed by atoms with van der Waals surface area (Å²) in [7, 11) is 2.13. The van der Waals surface area contributed by atoms with Crippen molar-refractivity contribution in [1.82, 2.24) is 20.5 Å². The zero-order chi connectivity index (χ0) is 23.0. The molecule has 0 bridgehead atoms. The second kappa shape index (κ2) is 13.0. The van der Waals surface area contributed by atoms with E-state index in [4.69, 9.17) is 0 Å². The molecular formula is C23H32F3IN6. The Morgan fingerprint density at radius 2 is 1.67 bits per heavy atom. The van der Waals surface area contributed by atoms with Crippen molar-refractivity contribution in [1.29, 1.82) is 0 Å². The van der Waals surface area contributed by atoms with E-state index in [1.807, 2.05) is 19.2 Å². The van der Waals surface area contributed by atoms with Gasteiger partial charge < -0.3 is 20.4 Å². The van der Waals surface area contributed by atoms with E-state index < -0.39 is 11.7 Å². The number of aromatic nitrogens is 1. The molecule has 182 valence electrons. The molecule has 0 atom stereocenters. The fourth-order valence-corrected chi connectivity index (χ4v) is 3.43. The molecule has 2 N–H and O–H groups in total. The summed E-state index contributed by atoms with van der Waals surface area (Å²) in [6.45, 7) is 7.80. The maximum Gasteiger partial charge on any atom is 0.416 e. The van der Waals surface area contributed by atoms with Gasteiger partial charge in [0.15, 0.2) is 5.96 Å². The molecule has 1 aromatic carbocycles. The lowest BCUT2D eigenvalue weighted by Gasteiger charge is -2.33. The van der Waals surface area contributed by atoms with Gasteiger partial charge in [0.1, 0.15) is 5.82 Å². The van der Waals surface area contributed by atoms with E-state index in [0.29, 0.717) is 32.0 Å². The number of hydrogen-bond acceptors (Lipinski definition) is 4. The van der Waals surface area contributed by atoms with Crippen LogP contribution in [-0.4, -0.2) is 62.2 Å². The van der Waals surface area contributed by atoms with Gasteiger partial charge in [0, 0.05) is 45.5 Å². The van der Waals surface area contributed by atoms with Crippen LogP contribution in [0.25, 0.3) is 0 Å². The Hall–Kier alpha value is -2.08. The summed E-state index contributed by atoms with van der Waals surface area (Å²) in [4.78, 5) is 13.8. The van der Waals surface area contributed by atoms with E-state index in [0.717, 1.165) is 55.3 Å². The van der Waals surface area contributed by atoms with Crippen LogP contribution < -0.4 is 15.5 Å². The van der Waals surface area contributed by atoms with Crippen molar-refractivity contribution >= 4 is 35.8 Å². The van der Waals surface area contributed by atoms with Gasteiger partial charge in [0.05, 0.1) is 12.1 Å². The minimum atomic E-state index is -4.31. The number of alkyl halides is 3. The van der Waals surface area contributed by atoms with Gasteiger partial charge in [-0.05, 0) is 49.7 Å². The van der Waals surface area contributed by atoms with Crippen molar-refractivity contribution in [2.45, 2.75) is 26.1 Å². The zero-order valence-corrected chi connectivity index (χ0v) is 21.4. The Bertz CT molecular complexity index is 863. The number of piperazine rings is 1. The Balaban J connectivity index is 0.00000385. The number of aliphatic imine (C=N–C) groups is 1. The molecule has 1 aliphatic rings. The number of nitrogens with one attached hydrogen (secondary N) is 2. The first-order valence-corrected chi connectivity index (χ1v) is 10.9. The molecule has 1 aliphatic heterocycles. The van der Waals surface area contributed by atoms with Crippen molar-refractivity contribution < 1.29 is 13.2 Å². The summed E-state index contributed by atoms with van der Waals surface area (Å²) in [5.74, 6) is 1.66. The molecule has 1 fully saturated rings. The molecule has 0 saturated carbocycles. The normalized spacial score (nSPS) is 15.2. The summed E-state index contributed by atoms with van der Waals surface area (Å²) in [5.41, 5.74) is 1.23. The van der Waals surface area contributed by atoms with Crippen molar-refractivity contribution in [2.75, 3.05) is 51.2 Å². The van der Waals surface area contributed by atoms with Crippen molar-refractivity contribution in [3.63, 3.8) is 0 Å². The minimum Gasteiger partial charge on any atom is -0.357 e. The molecule has 6 nitrogen and oxygen atoms in total. The molecular weight excluding hydrogens is 544 g/mol. The van der Waals surface area contributed by atoms with Crippen LogP contribution in [0.5, 0.6) is 0 Å². The van der Waals surface area contributed by atoms with Crippen LogP contribution >= 0.6 is 24.0 Å². The molecule has 33 heavy (non-hydrogen) atoms. The van der Waals surface area contributed by atoms with Gasteiger partial charge >= 0.3 is 6.18 Å². The van der Waals surface area contributed by atoms with Gasteiger partial charge in [0.2, 0.25) is 0 Å². The third-order valence-electron chi connectivity index (χ3n) is 5.39. The predicted octanol–water partition coefficient (Wildman–Crippen LogP) is 3.77. The Morgan fingerprint density at radius 1 is 1.00 bits per heavy atom. The lowest BCUT2D eigenvalue weighted by Crippen LogP contribution is -2.44. The second-order valence-corrected chi connectivity index (χ2v) is 7.88. The number of pyridine rings is 1. The number of rotatable bonds is 7. The number of halogens is 4. The van der Waals surface area contributed by atoms with Crippen molar-refractivity contribution in [3.8, 4) is 0 Å². The molecule has 0 spiro atoms. The first-order chi connectivity index (χ1) is 15.3. The third-order valence-corrected chi connectivity index (χ3v) is 5.39. The summed E-state index contributed by atoms with van der Waals surface area (Å²) in [6, 6.07) is 9.36. The van der Waals surface area contributed by atoms with Crippen LogP contribution in [0.1, 0.15) is 23.6 Å². The van der Waals surface area contributed by atoms with Crippen LogP contribution in [0.3, 0.4) is 0 Å². The molecule has 2 heterocycles. The smallest absolute Gasteiger partial charge is 0.357 e. The van der Waals surface area contributed by atoms with E-state index in [1.54, 1.807) is 0 Å². The first-order valence-electron chi connectivity index (χ1n) is 10.9. The minimum absolute atomic E-state index is 0. The van der Waals surface area contributed by atoms with Crippen LogP contribution in [0, 0.1) is 0 Å². The summed E-state index contributed by atoms with van der Waals surface area (Å²) < 4.78 is 38.0. The van der Waals surface area contributed by atoms with Crippen molar-refractivity contribution in [3.05, 3.63) is 59.3 Å². The highest BCUT2D eigenvalue weighted by molar-refractivity contribution is 14.0. The largest absolute Gasteiger partial charge is 0.416 e. The molecule has 2 aromatic rings. The predicted molar refractivity (Wildman–Crippen MR) is 137 cm³/mol. The molecule has 0 radical (unpaired) electrons. The number of nitrogens with zero attached hydrogens (tertiary/aromatic N) is 4. The maximum atomic E-state index is 12.7. The Kier molecular flexibility index (Phi) is 10.7. The number of benzene rings is 1. The Morgan fingerprint density at radius 3 is 2.24 bits per heavy atom. The van der Waals surface area contributed by atoms with Gasteiger partial charge in [0.25, 0.3) is 0 Å². The van der Waals surface area contributed by atoms with Crippen LogP contribution in [0.15, 0.2) is 47.6 Å². The number of hydrogen-bond donors (Lipinski definition) is 2. The Labute approximate surface area is 210 Å². The van der Waals surface area contributed by atoms with E-state index >= 15 is 0 Å². The highest BCUT2D eigenvalue weighted by Crippen LogP contribution is 2.29. The summed E-state index contributed by atoms with van der Waals surface area (Å²) >= 11 is 0. The topological polar surface area (TPSA) is 55.8 Å². The van der Waals surface area contributed by atoms with Crippen LogP contribution in [-0.2, 0) is 19.1 Å². The monoisotopic (exact) mass is 576 g/mol. The highest BCUT2D eigenvalue weighted by atomic mass is 127. The van der Waals surface area contributed by atoms with Gasteiger partial charge in [-0.1, -0.05) is 18.2 Å². The SMILES string of the molecule is CCNC(=NCc1ccc(N2CCN(C)CC2)nc1)NCCc1ccc(C(F)(F)F)cc1.I. The summed E-state index contributed by atoms with van der Waals surface area (Å²) in [6.07, 6.45) is -1.84. The van der Waals surface area contributed by atoms with Gasteiger partial charge in [-0.2, -0.15) is 13.2 Å². The quantitative estimate of drug-likeness (QED) is 0.299. The molecule has 1 aromatic heterocycles. The van der Waals surface area contributed by atoms with E-state index in [1.165, 1.54) is 12.1 Å². The van der Waals surface area contributed by atoms with E-state index in [2.05, 4.69) is 43.5 Å². The average Bonchev–Trinajstić information content (AvgIpc) is 2.78. The molecule has 1 saturated heterocycles. The maximum absolute atomic E-state index is 12.7. The highest BCUT2D eigenvalue weighted by Gasteiger charge is 2.29. The average molecular weight is 576 g/mol. The third kappa shape index (κ3) is 8.65. The summed E-state index contributed by atoms with van der Waals surface area (Å²) in [5, 5.41) is 6.43. The van der Waals surface area contributed by atoms with Crippen molar-refractivity contribution in [2.24, 2.45) is 4.99 Å². The van der Waals surface area contributed by atoms with E-state index in [-0.39, 0.29) is 24.0 Å². The number of anilines is 1. The molecule has 0 amide bonds. The lowest BCUT2D eigenvalue weighted by molar-refractivity contribution is -0.137. The zero-order valence-electron chi connectivity index (χ0n) is 19.0.